The molecule has 0 atom stereocenters. The maximum Gasteiger partial charge on any atom is 0.437 e. The Morgan fingerprint density at radius 2 is 1.62 bits per heavy atom. The summed E-state index contributed by atoms with van der Waals surface area (Å²) in [6.45, 7) is 2.34. The molecule has 0 bridgehead atoms. The number of pyridine rings is 1. The number of carbonyl (C=O) groups excluding carboxylic acids is 1. The summed E-state index contributed by atoms with van der Waals surface area (Å²) in [6, 6.07) is 19.4. The Bertz CT molecular complexity index is 1810. The zero-order valence-electron chi connectivity index (χ0n) is 25.4. The number of sulfonamides is 1. The number of piperidine rings is 1. The van der Waals surface area contributed by atoms with Gasteiger partial charge in [0, 0.05) is 51.9 Å². The first-order valence-electron chi connectivity index (χ1n) is 15.4. The van der Waals surface area contributed by atoms with E-state index in [1.165, 1.54) is 28.2 Å². The molecule has 0 N–H and O–H groups in total. The van der Waals surface area contributed by atoms with Crippen molar-refractivity contribution in [3.63, 3.8) is 0 Å². The second-order valence-corrected chi connectivity index (χ2v) is 14.0. The van der Waals surface area contributed by atoms with Crippen LogP contribution in [0.2, 0.25) is 5.02 Å². The highest BCUT2D eigenvalue weighted by molar-refractivity contribution is 7.89. The Balaban J connectivity index is 1.10. The van der Waals surface area contributed by atoms with E-state index in [2.05, 4.69) is 9.97 Å². The molecule has 2 fully saturated rings. The van der Waals surface area contributed by atoms with Gasteiger partial charge in [0.15, 0.2) is 5.69 Å². The number of alkyl halides is 3. The van der Waals surface area contributed by atoms with Crippen LogP contribution in [-0.2, 0) is 22.6 Å². The minimum absolute atomic E-state index is 0.0578. The first-order valence-corrected chi connectivity index (χ1v) is 17.2. The van der Waals surface area contributed by atoms with Gasteiger partial charge in [-0.1, -0.05) is 60.1 Å². The zero-order valence-corrected chi connectivity index (χ0v) is 26.9. The molecule has 2 aliphatic heterocycles. The first kappa shape index (κ1) is 33.0. The van der Waals surface area contributed by atoms with Gasteiger partial charge in [-0.3, -0.25) is 4.79 Å². The molecule has 0 unspecified atom stereocenters. The Hall–Kier alpha value is -3.94. The van der Waals surface area contributed by atoms with Crippen molar-refractivity contribution in [1.82, 2.24) is 14.3 Å². The van der Waals surface area contributed by atoms with Crippen molar-refractivity contribution < 1.29 is 30.8 Å². The monoisotopic (exact) mass is 687 g/mol. The fourth-order valence-corrected chi connectivity index (χ4v) is 8.05. The van der Waals surface area contributed by atoms with E-state index in [9.17, 15) is 26.4 Å². The summed E-state index contributed by atoms with van der Waals surface area (Å²) in [5.74, 6) is -0.806. The number of hydrogen-bond acceptors (Lipinski definition) is 8. The van der Waals surface area contributed by atoms with Gasteiger partial charge in [0.25, 0.3) is 6.01 Å². The fourth-order valence-electron chi connectivity index (χ4n) is 6.08. The second kappa shape index (κ2) is 13.7. The van der Waals surface area contributed by atoms with Gasteiger partial charge in [-0.15, -0.1) is 0 Å². The molecule has 4 aromatic rings. The highest BCUT2D eigenvalue weighted by Crippen LogP contribution is 2.37. The molecule has 47 heavy (non-hydrogen) atoms. The average Bonchev–Trinajstić information content (AvgIpc) is 3.38. The van der Waals surface area contributed by atoms with Gasteiger partial charge < -0.3 is 14.2 Å². The third kappa shape index (κ3) is 7.31. The second-order valence-electron chi connectivity index (χ2n) is 11.6. The van der Waals surface area contributed by atoms with Crippen LogP contribution >= 0.6 is 11.6 Å². The summed E-state index contributed by atoms with van der Waals surface area (Å²) in [5.41, 5.74) is 0.268. The van der Waals surface area contributed by atoms with E-state index in [4.69, 9.17) is 16.0 Å². The molecule has 0 saturated carbocycles. The molecule has 0 spiro atoms. The molecule has 2 aliphatic rings. The Labute approximate surface area is 276 Å². The predicted octanol–water partition coefficient (Wildman–Crippen LogP) is 6.45. The van der Waals surface area contributed by atoms with Crippen LogP contribution in [0.25, 0.3) is 0 Å². The number of carbonyl (C=O) groups is 1. The van der Waals surface area contributed by atoms with E-state index in [1.54, 1.807) is 29.2 Å². The van der Waals surface area contributed by atoms with Crippen LogP contribution in [-0.4, -0.2) is 67.7 Å². The fraction of sp³-hybridized carbons (Fsp3) is 0.364. The molecular weight excluding hydrogens is 655 g/mol. The number of Topliss-reactive ketones (excluding diaryl/α,β-unsaturated/α-hetero) is 1. The maximum atomic E-state index is 14.0. The van der Waals surface area contributed by atoms with E-state index >= 15 is 0 Å². The molecule has 6 rings (SSSR count). The highest BCUT2D eigenvalue weighted by Gasteiger charge is 2.42. The number of oxazole rings is 1. The van der Waals surface area contributed by atoms with Gasteiger partial charge in [0.2, 0.25) is 21.6 Å². The van der Waals surface area contributed by atoms with Crippen molar-refractivity contribution in [2.45, 2.75) is 42.7 Å². The molecule has 0 radical (unpaired) electrons. The SMILES string of the molecule is O=C(Cc1ccc(N2CCCN(S(=O)(=O)c3ccccc3Cl)CC2)nc1)c1oc(N2CCC(c3ccccc3)CC2)nc1C(F)(F)F. The van der Waals surface area contributed by atoms with E-state index in [0.29, 0.717) is 50.5 Å². The lowest BCUT2D eigenvalue weighted by molar-refractivity contribution is -0.141. The van der Waals surface area contributed by atoms with Crippen LogP contribution in [0, 0.1) is 0 Å². The summed E-state index contributed by atoms with van der Waals surface area (Å²) in [6.07, 6.45) is -1.79. The van der Waals surface area contributed by atoms with Crippen LogP contribution in [0.15, 0.2) is 82.2 Å². The van der Waals surface area contributed by atoms with Crippen LogP contribution in [0.1, 0.15) is 52.6 Å². The number of ketones is 1. The number of rotatable bonds is 8. The van der Waals surface area contributed by atoms with Gasteiger partial charge in [0.1, 0.15) is 10.7 Å². The molecule has 14 heteroatoms. The van der Waals surface area contributed by atoms with Gasteiger partial charge >= 0.3 is 6.18 Å². The summed E-state index contributed by atoms with van der Waals surface area (Å²) in [7, 11) is -3.78. The number of anilines is 2. The lowest BCUT2D eigenvalue weighted by Crippen LogP contribution is -2.35. The normalized spacial score (nSPS) is 17.1. The topological polar surface area (TPSA) is 99.9 Å². The van der Waals surface area contributed by atoms with E-state index in [0.717, 1.165) is 12.8 Å². The van der Waals surface area contributed by atoms with Crippen molar-refractivity contribution in [3.05, 3.63) is 101 Å². The Kier molecular flexibility index (Phi) is 9.58. The first-order chi connectivity index (χ1) is 22.5. The predicted molar refractivity (Wildman–Crippen MR) is 171 cm³/mol. The van der Waals surface area contributed by atoms with Crippen LogP contribution < -0.4 is 9.80 Å². The molecule has 2 aromatic heterocycles. The molecule has 2 saturated heterocycles. The van der Waals surface area contributed by atoms with Crippen molar-refractivity contribution in [3.8, 4) is 0 Å². The smallest absolute Gasteiger partial charge is 0.420 e. The van der Waals surface area contributed by atoms with Crippen LogP contribution in [0.4, 0.5) is 25.0 Å². The molecule has 2 aromatic carbocycles. The standard InChI is InChI=1S/C33H33ClF3N5O4S/c34-26-9-4-5-10-28(26)47(44,45)42-16-6-15-40(19-20-42)29-12-11-23(22-38-29)21-27(43)30-31(33(35,36)37)39-32(46-30)41-17-13-25(14-18-41)24-7-2-1-3-8-24/h1-5,7-12,22,25H,6,13-21H2. The van der Waals surface area contributed by atoms with Crippen LogP contribution in [0.5, 0.6) is 0 Å². The largest absolute Gasteiger partial charge is 0.437 e. The van der Waals surface area contributed by atoms with Gasteiger partial charge in [-0.05, 0) is 54.5 Å². The van der Waals surface area contributed by atoms with E-state index in [-0.39, 0.29) is 34.8 Å². The summed E-state index contributed by atoms with van der Waals surface area (Å²) >= 11 is 6.16. The van der Waals surface area contributed by atoms with E-state index < -0.39 is 33.4 Å². The van der Waals surface area contributed by atoms with Gasteiger partial charge in [0.05, 0.1) is 5.02 Å². The number of nitrogens with zero attached hydrogens (tertiary/aromatic N) is 5. The zero-order chi connectivity index (χ0) is 33.2. The highest BCUT2D eigenvalue weighted by atomic mass is 35.5. The van der Waals surface area contributed by atoms with Crippen molar-refractivity contribution in [1.29, 1.82) is 0 Å². The van der Waals surface area contributed by atoms with Crippen molar-refractivity contribution in [2.75, 3.05) is 49.1 Å². The minimum atomic E-state index is -4.86. The molecule has 4 heterocycles. The van der Waals surface area contributed by atoms with Crippen molar-refractivity contribution in [2.24, 2.45) is 0 Å². The third-order valence-corrected chi connectivity index (χ3v) is 11.0. The summed E-state index contributed by atoms with van der Waals surface area (Å²) in [5, 5.41) is 0.160. The third-order valence-electron chi connectivity index (χ3n) is 8.58. The Morgan fingerprint density at radius 3 is 2.30 bits per heavy atom. The number of benzene rings is 2. The maximum absolute atomic E-state index is 14.0. The average molecular weight is 688 g/mol. The van der Waals surface area contributed by atoms with E-state index in [1.807, 2.05) is 35.2 Å². The lowest BCUT2D eigenvalue weighted by atomic mass is 9.90. The van der Waals surface area contributed by atoms with Crippen molar-refractivity contribution >= 4 is 39.2 Å². The molecule has 9 nitrogen and oxygen atoms in total. The van der Waals surface area contributed by atoms with Crippen LogP contribution in [0.3, 0.4) is 0 Å². The summed E-state index contributed by atoms with van der Waals surface area (Å²) in [4.78, 5) is 25.0. The number of aromatic nitrogens is 2. The number of halogens is 4. The molecule has 248 valence electrons. The van der Waals surface area contributed by atoms with Gasteiger partial charge in [-0.2, -0.15) is 22.5 Å². The minimum Gasteiger partial charge on any atom is -0.420 e. The molecule has 0 aliphatic carbocycles. The Morgan fingerprint density at radius 1 is 0.894 bits per heavy atom. The summed E-state index contributed by atoms with van der Waals surface area (Å²) < 4.78 is 75.2. The molecule has 0 amide bonds. The van der Waals surface area contributed by atoms with Gasteiger partial charge in [-0.25, -0.2) is 13.4 Å². The number of hydrogen-bond donors (Lipinski definition) is 0. The quantitative estimate of drug-likeness (QED) is 0.195. The molecular formula is C33H33ClF3N5O4S. The lowest BCUT2D eigenvalue weighted by Gasteiger charge is -2.31.